The van der Waals surface area contributed by atoms with Gasteiger partial charge in [0.05, 0.1) is 11.0 Å². The molecule has 0 saturated carbocycles. The van der Waals surface area contributed by atoms with Crippen LogP contribution in [0.25, 0.3) is 11.0 Å². The van der Waals surface area contributed by atoms with Gasteiger partial charge in [-0.3, -0.25) is 4.90 Å². The summed E-state index contributed by atoms with van der Waals surface area (Å²) in [5.41, 5.74) is 3.22. The standard InChI is InChI=1S/C33H43ClN4O2/c1-23-35-29-10-5-6-11-30(29)38(23)28-21-26-12-13-27(22-28)37(26)19-16-33(24-8-7-9-25(34)20-24)14-17-36(18-15-33)31(39)40-32(2,3)4/h5-11,20,26-28H,12-19,21-22H2,1-4H3/t26-,27-/m0/s1. The van der Waals surface area contributed by atoms with Crippen molar-refractivity contribution < 1.29 is 9.53 Å². The third-order valence-electron chi connectivity index (χ3n) is 9.65. The minimum absolute atomic E-state index is 0.0108. The highest BCUT2D eigenvalue weighted by Gasteiger charge is 2.44. The molecule has 3 aliphatic rings. The van der Waals surface area contributed by atoms with Crippen molar-refractivity contribution in [3.8, 4) is 0 Å². The highest BCUT2D eigenvalue weighted by molar-refractivity contribution is 6.30. The fraction of sp³-hybridized carbons (Fsp3) is 0.576. The second-order valence-electron chi connectivity index (χ2n) is 13.3. The zero-order valence-corrected chi connectivity index (χ0v) is 25.2. The Hall–Kier alpha value is -2.57. The third kappa shape index (κ3) is 5.37. The van der Waals surface area contributed by atoms with Crippen molar-refractivity contribution in [1.29, 1.82) is 0 Å². The van der Waals surface area contributed by atoms with Crippen LogP contribution in [0.5, 0.6) is 0 Å². The van der Waals surface area contributed by atoms with Crippen LogP contribution in [0, 0.1) is 6.92 Å². The van der Waals surface area contributed by atoms with Crippen LogP contribution in [-0.4, -0.2) is 62.8 Å². The fourth-order valence-corrected chi connectivity index (χ4v) is 7.93. The van der Waals surface area contributed by atoms with Gasteiger partial charge in [-0.05, 0) is 114 Å². The summed E-state index contributed by atoms with van der Waals surface area (Å²) in [6, 6.07) is 18.7. The lowest BCUT2D eigenvalue weighted by molar-refractivity contribution is 0.0144. The highest BCUT2D eigenvalue weighted by atomic mass is 35.5. The van der Waals surface area contributed by atoms with Crippen molar-refractivity contribution in [1.82, 2.24) is 19.4 Å². The lowest BCUT2D eigenvalue weighted by atomic mass is 9.70. The number of imidazole rings is 1. The summed E-state index contributed by atoms with van der Waals surface area (Å²) in [5, 5.41) is 0.787. The minimum atomic E-state index is -0.481. The Morgan fingerprint density at radius 2 is 1.73 bits per heavy atom. The number of carbonyl (C=O) groups is 1. The van der Waals surface area contributed by atoms with Gasteiger partial charge in [0.2, 0.25) is 0 Å². The number of hydrogen-bond acceptors (Lipinski definition) is 4. The van der Waals surface area contributed by atoms with Gasteiger partial charge in [-0.25, -0.2) is 9.78 Å². The number of carbonyl (C=O) groups excluding carboxylic acids is 1. The molecular weight excluding hydrogens is 520 g/mol. The summed E-state index contributed by atoms with van der Waals surface area (Å²) >= 11 is 6.50. The molecule has 0 unspecified atom stereocenters. The SMILES string of the molecule is Cc1nc2ccccc2n1C1C[C@@H]2CC[C@@H](C1)N2CCC1(c2cccc(Cl)c2)CCN(C(=O)OC(C)(C)C)CC1. The van der Waals surface area contributed by atoms with Crippen LogP contribution in [0.15, 0.2) is 48.5 Å². The number of hydrogen-bond donors (Lipinski definition) is 0. The van der Waals surface area contributed by atoms with Crippen LogP contribution in [0.2, 0.25) is 5.02 Å². The molecule has 0 spiro atoms. The molecule has 2 atom stereocenters. The maximum absolute atomic E-state index is 12.8. The van der Waals surface area contributed by atoms with E-state index < -0.39 is 5.60 Å². The predicted molar refractivity (Wildman–Crippen MR) is 161 cm³/mol. The number of halogens is 1. The predicted octanol–water partition coefficient (Wildman–Crippen LogP) is 7.53. The average molecular weight is 563 g/mol. The summed E-state index contributed by atoms with van der Waals surface area (Å²) in [6.45, 7) is 10.5. The number of fused-ring (bicyclic) bond motifs is 3. The summed E-state index contributed by atoms with van der Waals surface area (Å²) in [6.07, 6.45) is 7.68. The molecule has 7 heteroatoms. The number of nitrogens with zero attached hydrogens (tertiary/aromatic N) is 4. The van der Waals surface area contributed by atoms with Gasteiger partial charge in [-0.1, -0.05) is 35.9 Å². The first kappa shape index (κ1) is 27.6. The van der Waals surface area contributed by atoms with Gasteiger partial charge >= 0.3 is 6.09 Å². The molecule has 0 aliphatic carbocycles. The van der Waals surface area contributed by atoms with Gasteiger partial charge in [-0.15, -0.1) is 0 Å². The number of likely N-dealkylation sites (tertiary alicyclic amines) is 1. The van der Waals surface area contributed by atoms with E-state index in [1.165, 1.54) is 36.8 Å². The average Bonchev–Trinajstić information content (AvgIpc) is 3.37. The molecule has 4 heterocycles. The van der Waals surface area contributed by atoms with Crippen LogP contribution in [-0.2, 0) is 10.2 Å². The Bertz CT molecular complexity index is 1360. The number of aromatic nitrogens is 2. The van der Waals surface area contributed by atoms with Gasteiger partial charge in [0.25, 0.3) is 0 Å². The van der Waals surface area contributed by atoms with Crippen LogP contribution in [0.3, 0.4) is 0 Å². The van der Waals surface area contributed by atoms with E-state index >= 15 is 0 Å². The molecule has 2 aromatic carbocycles. The number of amides is 1. The smallest absolute Gasteiger partial charge is 0.410 e. The van der Waals surface area contributed by atoms with Crippen molar-refractivity contribution in [3.63, 3.8) is 0 Å². The van der Waals surface area contributed by atoms with E-state index in [4.69, 9.17) is 21.3 Å². The van der Waals surface area contributed by atoms with Crippen molar-refractivity contribution in [2.24, 2.45) is 0 Å². The normalized spacial score (nSPS) is 24.9. The van der Waals surface area contributed by atoms with Gasteiger partial charge in [0.15, 0.2) is 0 Å². The van der Waals surface area contributed by atoms with Gasteiger partial charge in [0.1, 0.15) is 11.4 Å². The topological polar surface area (TPSA) is 50.6 Å². The fourth-order valence-electron chi connectivity index (χ4n) is 7.74. The third-order valence-corrected chi connectivity index (χ3v) is 9.89. The molecule has 3 aliphatic heterocycles. The number of aryl methyl sites for hydroxylation is 1. The van der Waals surface area contributed by atoms with Crippen molar-refractivity contribution >= 4 is 28.7 Å². The second kappa shape index (κ2) is 10.7. The Balaban J connectivity index is 1.17. The molecule has 0 radical (unpaired) electrons. The van der Waals surface area contributed by atoms with Gasteiger partial charge in [0, 0.05) is 36.2 Å². The number of rotatable bonds is 5. The van der Waals surface area contributed by atoms with Crippen LogP contribution in [0.4, 0.5) is 4.79 Å². The van der Waals surface area contributed by atoms with Gasteiger partial charge in [-0.2, -0.15) is 0 Å². The molecule has 3 aromatic rings. The zero-order chi connectivity index (χ0) is 28.1. The van der Waals surface area contributed by atoms with E-state index in [0.29, 0.717) is 31.2 Å². The van der Waals surface area contributed by atoms with Gasteiger partial charge < -0.3 is 14.2 Å². The summed E-state index contributed by atoms with van der Waals surface area (Å²) in [7, 11) is 0. The van der Waals surface area contributed by atoms with E-state index in [2.05, 4.69) is 58.9 Å². The zero-order valence-electron chi connectivity index (χ0n) is 24.4. The Morgan fingerprint density at radius 3 is 2.40 bits per heavy atom. The molecular formula is C33H43ClN4O2. The molecule has 3 saturated heterocycles. The number of piperidine rings is 2. The summed E-state index contributed by atoms with van der Waals surface area (Å²) in [4.78, 5) is 22.4. The second-order valence-corrected chi connectivity index (χ2v) is 13.7. The summed E-state index contributed by atoms with van der Waals surface area (Å²) < 4.78 is 8.20. The minimum Gasteiger partial charge on any atom is -0.444 e. The quantitative estimate of drug-likeness (QED) is 0.322. The molecule has 214 valence electrons. The van der Waals surface area contributed by atoms with E-state index in [1.807, 2.05) is 31.7 Å². The maximum atomic E-state index is 12.8. The largest absolute Gasteiger partial charge is 0.444 e. The molecule has 3 fully saturated rings. The number of ether oxygens (including phenoxy) is 1. The van der Waals surface area contributed by atoms with Crippen LogP contribution in [0.1, 0.15) is 83.1 Å². The molecule has 1 aromatic heterocycles. The van der Waals surface area contributed by atoms with E-state index in [9.17, 15) is 4.79 Å². The lowest BCUT2D eigenvalue weighted by Crippen LogP contribution is -2.49. The molecule has 2 bridgehead atoms. The number of benzene rings is 2. The van der Waals surface area contributed by atoms with E-state index in [0.717, 1.165) is 42.2 Å². The summed E-state index contributed by atoms with van der Waals surface area (Å²) in [5.74, 6) is 1.13. The Labute approximate surface area is 243 Å². The van der Waals surface area contributed by atoms with E-state index in [1.54, 1.807) is 0 Å². The Morgan fingerprint density at radius 1 is 1.02 bits per heavy atom. The molecule has 40 heavy (non-hydrogen) atoms. The first-order valence-corrected chi connectivity index (χ1v) is 15.4. The molecule has 6 nitrogen and oxygen atoms in total. The lowest BCUT2D eigenvalue weighted by Gasteiger charge is -2.45. The van der Waals surface area contributed by atoms with Crippen molar-refractivity contribution in [2.75, 3.05) is 19.6 Å². The highest BCUT2D eigenvalue weighted by Crippen LogP contribution is 2.45. The van der Waals surface area contributed by atoms with Crippen LogP contribution >= 0.6 is 11.6 Å². The first-order chi connectivity index (χ1) is 19.1. The molecule has 6 rings (SSSR count). The van der Waals surface area contributed by atoms with E-state index in [-0.39, 0.29) is 11.5 Å². The maximum Gasteiger partial charge on any atom is 0.410 e. The molecule has 0 N–H and O–H groups in total. The van der Waals surface area contributed by atoms with Crippen molar-refractivity contribution in [3.05, 3.63) is 64.9 Å². The number of para-hydroxylation sites is 2. The van der Waals surface area contributed by atoms with Crippen LogP contribution < -0.4 is 0 Å². The first-order valence-electron chi connectivity index (χ1n) is 15.1. The van der Waals surface area contributed by atoms with Crippen molar-refractivity contribution in [2.45, 2.75) is 102 Å². The Kier molecular flexibility index (Phi) is 7.37. The monoisotopic (exact) mass is 562 g/mol. The molecule has 1 amide bonds.